The van der Waals surface area contributed by atoms with Crippen molar-refractivity contribution in [3.8, 4) is 0 Å². The van der Waals surface area contributed by atoms with E-state index in [2.05, 4.69) is 5.32 Å². The highest BCUT2D eigenvalue weighted by Gasteiger charge is 2.16. The van der Waals surface area contributed by atoms with Gasteiger partial charge in [-0.15, -0.1) is 0 Å². The summed E-state index contributed by atoms with van der Waals surface area (Å²) in [4.78, 5) is 33.0. The number of aromatic carboxylic acids is 1. The van der Waals surface area contributed by atoms with Gasteiger partial charge in [0.15, 0.2) is 0 Å². The Balaban J connectivity index is 0.000000465. The van der Waals surface area contributed by atoms with Gasteiger partial charge in [-0.05, 0) is 23.6 Å². The molecule has 138 valence electrons. The van der Waals surface area contributed by atoms with Gasteiger partial charge in [-0.2, -0.15) is 0 Å². The normalized spacial score (nSPS) is 9.81. The number of fused-ring (bicyclic) bond motifs is 1. The molecule has 0 radical (unpaired) electrons. The summed E-state index contributed by atoms with van der Waals surface area (Å²) in [6.07, 6.45) is 0.222. The molecule has 27 heavy (non-hydrogen) atoms. The lowest BCUT2D eigenvalue weighted by Crippen LogP contribution is -2.16. The minimum absolute atomic E-state index is 0.0137. The lowest BCUT2D eigenvalue weighted by molar-refractivity contribution is -0.136. The fourth-order valence-electron chi connectivity index (χ4n) is 2.39. The topological polar surface area (TPSA) is 104 Å². The molecule has 0 aliphatic rings. The predicted octanol–water partition coefficient (Wildman–Crippen LogP) is 4.27. The summed E-state index contributed by atoms with van der Waals surface area (Å²) in [6.45, 7) is 1.60. The number of rotatable bonds is 4. The first kappa shape index (κ1) is 19.7. The number of nitrogens with one attached hydrogen (secondary N) is 1. The Bertz CT molecular complexity index is 976. The maximum Gasteiger partial charge on any atom is 0.336 e. The first-order valence-corrected chi connectivity index (χ1v) is 8.27. The Morgan fingerprint density at radius 1 is 0.815 bits per heavy atom. The van der Waals surface area contributed by atoms with Gasteiger partial charge >= 0.3 is 11.9 Å². The van der Waals surface area contributed by atoms with E-state index in [1.54, 1.807) is 25.1 Å². The zero-order chi connectivity index (χ0) is 19.8. The minimum atomic E-state index is -1.12. The average molecular weight is 365 g/mol. The molecule has 0 aliphatic carbocycles. The first-order valence-electron chi connectivity index (χ1n) is 8.27. The summed E-state index contributed by atoms with van der Waals surface area (Å²) in [5.74, 6) is -2.30. The number of anilines is 1. The van der Waals surface area contributed by atoms with Gasteiger partial charge in [-0.3, -0.25) is 9.59 Å². The molecule has 0 saturated carbocycles. The fourth-order valence-corrected chi connectivity index (χ4v) is 2.39. The second-order valence-corrected chi connectivity index (χ2v) is 5.58. The van der Waals surface area contributed by atoms with Crippen molar-refractivity contribution in [3.63, 3.8) is 0 Å². The van der Waals surface area contributed by atoms with E-state index in [-0.39, 0.29) is 17.5 Å². The zero-order valence-electron chi connectivity index (χ0n) is 14.7. The van der Waals surface area contributed by atoms with E-state index in [0.717, 1.165) is 10.8 Å². The van der Waals surface area contributed by atoms with Gasteiger partial charge in [0, 0.05) is 17.5 Å². The lowest BCUT2D eigenvalue weighted by Gasteiger charge is -2.10. The van der Waals surface area contributed by atoms with Crippen LogP contribution < -0.4 is 5.32 Å². The van der Waals surface area contributed by atoms with Crippen LogP contribution in [-0.2, 0) is 4.79 Å². The van der Waals surface area contributed by atoms with Crippen molar-refractivity contribution in [2.24, 2.45) is 0 Å². The van der Waals surface area contributed by atoms with Crippen LogP contribution in [0.15, 0.2) is 66.7 Å². The van der Waals surface area contributed by atoms with Crippen LogP contribution >= 0.6 is 0 Å². The van der Waals surface area contributed by atoms with E-state index < -0.39 is 17.8 Å². The number of benzene rings is 3. The lowest BCUT2D eigenvalue weighted by atomic mass is 10.1. The van der Waals surface area contributed by atoms with Crippen molar-refractivity contribution in [1.29, 1.82) is 0 Å². The zero-order valence-corrected chi connectivity index (χ0v) is 14.7. The molecule has 0 aliphatic heterocycles. The van der Waals surface area contributed by atoms with E-state index in [4.69, 9.17) is 5.11 Å². The molecular weight excluding hydrogens is 346 g/mol. The molecule has 3 aromatic carbocycles. The standard InChI is InChI=1S/C18H13NO3.C3H6O2/c20-17(14-9-3-4-10-15(14)18(21)22)19-16-11-5-7-12-6-1-2-8-13(12)16;1-2-3(4)5/h1-11H,(H,19,20)(H,21,22);2H2,1H3,(H,4,5). The van der Waals surface area contributed by atoms with Crippen molar-refractivity contribution < 1.29 is 24.6 Å². The number of carbonyl (C=O) groups is 3. The fraction of sp³-hybridized carbons (Fsp3) is 0.0952. The molecule has 0 atom stereocenters. The van der Waals surface area contributed by atoms with Gasteiger partial charge in [0.25, 0.3) is 5.91 Å². The summed E-state index contributed by atoms with van der Waals surface area (Å²) < 4.78 is 0. The number of hydrogen-bond acceptors (Lipinski definition) is 3. The van der Waals surface area contributed by atoms with Crippen molar-refractivity contribution in [3.05, 3.63) is 77.9 Å². The Labute approximate surface area is 156 Å². The number of carboxylic acids is 2. The monoisotopic (exact) mass is 365 g/mol. The maximum atomic E-state index is 12.4. The number of aliphatic carboxylic acids is 1. The van der Waals surface area contributed by atoms with Crippen LogP contribution in [0, 0.1) is 0 Å². The molecule has 0 bridgehead atoms. The summed E-state index contributed by atoms with van der Waals surface area (Å²) >= 11 is 0. The summed E-state index contributed by atoms with van der Waals surface area (Å²) in [6, 6.07) is 19.4. The molecule has 0 unspecified atom stereocenters. The first-order chi connectivity index (χ1) is 12.9. The molecule has 6 heteroatoms. The second kappa shape index (κ2) is 9.15. The number of amides is 1. The molecule has 0 fully saturated rings. The van der Waals surface area contributed by atoms with Crippen LogP contribution in [-0.4, -0.2) is 28.1 Å². The molecular formula is C21H19NO5. The van der Waals surface area contributed by atoms with Gasteiger partial charge in [0.1, 0.15) is 0 Å². The summed E-state index contributed by atoms with van der Waals surface area (Å²) in [5, 5.41) is 21.6. The van der Waals surface area contributed by atoms with E-state index in [1.165, 1.54) is 12.1 Å². The van der Waals surface area contributed by atoms with Gasteiger partial charge in [-0.25, -0.2) is 4.79 Å². The van der Waals surface area contributed by atoms with Crippen LogP contribution in [0.3, 0.4) is 0 Å². The molecule has 3 N–H and O–H groups in total. The van der Waals surface area contributed by atoms with Gasteiger partial charge in [-0.1, -0.05) is 55.5 Å². The van der Waals surface area contributed by atoms with Crippen LogP contribution in [0.25, 0.3) is 10.8 Å². The van der Waals surface area contributed by atoms with Gasteiger partial charge in [0.05, 0.1) is 11.1 Å². The molecule has 0 heterocycles. The van der Waals surface area contributed by atoms with Gasteiger partial charge in [0.2, 0.25) is 0 Å². The van der Waals surface area contributed by atoms with Crippen LogP contribution in [0.5, 0.6) is 0 Å². The predicted molar refractivity (Wildman–Crippen MR) is 103 cm³/mol. The molecule has 3 rings (SSSR count). The van der Waals surface area contributed by atoms with Crippen LogP contribution in [0.2, 0.25) is 0 Å². The third-order valence-corrected chi connectivity index (χ3v) is 3.74. The number of carbonyl (C=O) groups excluding carboxylic acids is 1. The Morgan fingerprint density at radius 2 is 1.37 bits per heavy atom. The van der Waals surface area contributed by atoms with Gasteiger partial charge < -0.3 is 15.5 Å². The molecule has 0 aromatic heterocycles. The molecule has 3 aromatic rings. The van der Waals surface area contributed by atoms with Crippen molar-refractivity contribution in [2.75, 3.05) is 5.32 Å². The SMILES string of the molecule is CCC(=O)O.O=C(O)c1ccccc1C(=O)Nc1cccc2ccccc12. The third kappa shape index (κ3) is 5.15. The largest absolute Gasteiger partial charge is 0.481 e. The molecule has 0 spiro atoms. The number of hydrogen-bond donors (Lipinski definition) is 3. The quantitative estimate of drug-likeness (QED) is 0.640. The third-order valence-electron chi connectivity index (χ3n) is 3.74. The second-order valence-electron chi connectivity index (χ2n) is 5.58. The maximum absolute atomic E-state index is 12.4. The molecule has 1 amide bonds. The average Bonchev–Trinajstić information content (AvgIpc) is 2.68. The smallest absolute Gasteiger partial charge is 0.336 e. The molecule has 6 nitrogen and oxygen atoms in total. The van der Waals surface area contributed by atoms with Crippen LogP contribution in [0.4, 0.5) is 5.69 Å². The van der Waals surface area contributed by atoms with Crippen molar-refractivity contribution in [1.82, 2.24) is 0 Å². The highest BCUT2D eigenvalue weighted by atomic mass is 16.4. The van der Waals surface area contributed by atoms with Crippen molar-refractivity contribution >= 4 is 34.3 Å². The van der Waals surface area contributed by atoms with E-state index in [1.807, 2.05) is 36.4 Å². The van der Waals surface area contributed by atoms with Crippen LogP contribution in [0.1, 0.15) is 34.1 Å². The molecule has 0 saturated heterocycles. The Kier molecular flexibility index (Phi) is 6.66. The Morgan fingerprint density at radius 3 is 2.00 bits per heavy atom. The highest BCUT2D eigenvalue weighted by molar-refractivity contribution is 6.13. The minimum Gasteiger partial charge on any atom is -0.481 e. The highest BCUT2D eigenvalue weighted by Crippen LogP contribution is 2.24. The van der Waals surface area contributed by atoms with E-state index in [9.17, 15) is 19.5 Å². The summed E-state index contributed by atoms with van der Waals surface area (Å²) in [7, 11) is 0. The van der Waals surface area contributed by atoms with E-state index in [0.29, 0.717) is 5.69 Å². The van der Waals surface area contributed by atoms with E-state index >= 15 is 0 Å². The Hall–Kier alpha value is -3.67. The van der Waals surface area contributed by atoms with Crippen molar-refractivity contribution in [2.45, 2.75) is 13.3 Å². The number of carboxylic acid groups (broad SMARTS) is 2. The summed E-state index contributed by atoms with van der Waals surface area (Å²) in [5.41, 5.74) is 0.784.